The normalized spacial score (nSPS) is 11.6. The number of rotatable bonds is 25. The van der Waals surface area contributed by atoms with Crippen molar-refractivity contribution in [1.29, 1.82) is 0 Å². The summed E-state index contributed by atoms with van der Waals surface area (Å²) < 4.78 is 19.9. The molecule has 1 atom stereocenters. The van der Waals surface area contributed by atoms with E-state index in [1.54, 1.807) is 0 Å². The average molecular weight is 721 g/mol. The molecular weight excluding hydrogens is 644 g/mol. The summed E-state index contributed by atoms with van der Waals surface area (Å²) in [7, 11) is 0. The van der Waals surface area contributed by atoms with Crippen molar-refractivity contribution >= 4 is 23.9 Å². The van der Waals surface area contributed by atoms with Crippen LogP contribution in [0.5, 0.6) is 0 Å². The van der Waals surface area contributed by atoms with E-state index in [9.17, 15) is 19.2 Å². The largest absolute Gasteiger partial charge is 0.462 e. The molecule has 0 amide bonds. The molecule has 0 aliphatic heterocycles. The Hall–Kier alpha value is -3.16. The van der Waals surface area contributed by atoms with Gasteiger partial charge in [0.15, 0.2) is 0 Å². The molecule has 1 rings (SSSR count). The smallest absolute Gasteiger partial charge is 0.333 e. The standard InChI is InChI=1S/2C13H24O2.C11H20O2.C6H8O2/c1-5-8-12(4)13(14)15-10-7-9-11(3)6-2;1-4-6-7-8-9-11-15-13(14)12(3)10-5-2;1-4-6-7-8-9-13-11(12)10(3)5-2;1-5(7)8-6-3-2-4-6/h11H,4-10H2,1-3H3;3-11H2,1-2H3;3-9H2,1-2H3;3H,2,4H2,1H3. The van der Waals surface area contributed by atoms with Gasteiger partial charge in [-0.2, -0.15) is 0 Å². The number of hydrogen-bond donors (Lipinski definition) is 0. The predicted octanol–water partition coefficient (Wildman–Crippen LogP) is 11.9. The molecule has 0 saturated heterocycles. The molecule has 0 fully saturated rings. The summed E-state index contributed by atoms with van der Waals surface area (Å²) in [6.45, 7) is 28.8. The highest BCUT2D eigenvalue weighted by Gasteiger charge is 2.09. The number of carbonyl (C=O) groups excluding carboxylic acids is 4. The van der Waals surface area contributed by atoms with Crippen LogP contribution in [-0.2, 0) is 38.1 Å². The maximum Gasteiger partial charge on any atom is 0.333 e. The Morgan fingerprint density at radius 2 is 1.04 bits per heavy atom. The van der Waals surface area contributed by atoms with Gasteiger partial charge in [0.1, 0.15) is 5.76 Å². The van der Waals surface area contributed by atoms with Crippen molar-refractivity contribution in [3.8, 4) is 0 Å². The zero-order chi connectivity index (χ0) is 39.3. The van der Waals surface area contributed by atoms with Crippen LogP contribution >= 0.6 is 0 Å². The first-order chi connectivity index (χ1) is 24.3. The number of carbonyl (C=O) groups is 4. The summed E-state index contributed by atoms with van der Waals surface area (Å²) in [5.41, 5.74) is 1.77. The number of ether oxygens (including phenoxy) is 4. The van der Waals surface area contributed by atoms with Crippen LogP contribution in [0.25, 0.3) is 0 Å². The van der Waals surface area contributed by atoms with Gasteiger partial charge in [0.25, 0.3) is 0 Å². The van der Waals surface area contributed by atoms with E-state index in [-0.39, 0.29) is 23.9 Å². The zero-order valence-electron chi connectivity index (χ0n) is 34.1. The lowest BCUT2D eigenvalue weighted by Gasteiger charge is -2.11. The Balaban J connectivity index is -0.000000614. The molecule has 0 saturated carbocycles. The first-order valence-corrected chi connectivity index (χ1v) is 19.8. The number of esters is 4. The van der Waals surface area contributed by atoms with Crippen molar-refractivity contribution in [2.45, 2.75) is 177 Å². The summed E-state index contributed by atoms with van der Waals surface area (Å²) in [5, 5.41) is 0. The van der Waals surface area contributed by atoms with Gasteiger partial charge in [-0.15, -0.1) is 0 Å². The van der Waals surface area contributed by atoms with E-state index in [2.05, 4.69) is 47.4 Å². The monoisotopic (exact) mass is 721 g/mol. The molecule has 0 heterocycles. The van der Waals surface area contributed by atoms with E-state index in [1.165, 1.54) is 45.4 Å². The third kappa shape index (κ3) is 36.4. The van der Waals surface area contributed by atoms with Crippen LogP contribution in [0, 0.1) is 5.92 Å². The average Bonchev–Trinajstić information content (AvgIpc) is 3.09. The molecule has 0 bridgehead atoms. The summed E-state index contributed by atoms with van der Waals surface area (Å²) in [6.07, 6.45) is 21.7. The van der Waals surface area contributed by atoms with E-state index in [0.717, 1.165) is 88.7 Å². The highest BCUT2D eigenvalue weighted by Crippen LogP contribution is 2.18. The molecule has 8 heteroatoms. The van der Waals surface area contributed by atoms with Gasteiger partial charge in [0, 0.05) is 30.1 Å². The topological polar surface area (TPSA) is 105 Å². The highest BCUT2D eigenvalue weighted by molar-refractivity contribution is 5.88. The van der Waals surface area contributed by atoms with Gasteiger partial charge in [-0.25, -0.2) is 14.4 Å². The quantitative estimate of drug-likeness (QED) is 0.0397. The number of unbranched alkanes of at least 4 members (excludes halogenated alkanes) is 7. The van der Waals surface area contributed by atoms with Crippen LogP contribution in [0.1, 0.15) is 177 Å². The molecule has 0 radical (unpaired) electrons. The van der Waals surface area contributed by atoms with E-state index >= 15 is 0 Å². The van der Waals surface area contributed by atoms with Crippen molar-refractivity contribution in [3.05, 3.63) is 48.3 Å². The maximum atomic E-state index is 11.3. The molecule has 296 valence electrons. The Morgan fingerprint density at radius 1 is 0.627 bits per heavy atom. The lowest BCUT2D eigenvalue weighted by Crippen LogP contribution is -2.09. The summed E-state index contributed by atoms with van der Waals surface area (Å²) in [6, 6.07) is 0. The van der Waals surface area contributed by atoms with Crippen molar-refractivity contribution in [3.63, 3.8) is 0 Å². The predicted molar refractivity (Wildman–Crippen MR) is 211 cm³/mol. The molecule has 1 aliphatic carbocycles. The van der Waals surface area contributed by atoms with Crippen LogP contribution < -0.4 is 0 Å². The molecule has 1 unspecified atom stereocenters. The van der Waals surface area contributed by atoms with Crippen molar-refractivity contribution in [2.75, 3.05) is 19.8 Å². The third-order valence-electron chi connectivity index (χ3n) is 7.92. The minimum atomic E-state index is -0.237. The minimum Gasteiger partial charge on any atom is -0.462 e. The first-order valence-electron chi connectivity index (χ1n) is 19.8. The molecule has 0 aromatic carbocycles. The molecule has 0 spiro atoms. The SMILES string of the molecule is C=C(CC)C(=O)OCCCCCC.C=C(CCC)C(=O)OCCCC(C)CC.C=C(CCC)C(=O)OCCCCCCC.CC(=O)OC1=CCC1. The molecule has 8 nitrogen and oxygen atoms in total. The third-order valence-corrected chi connectivity index (χ3v) is 7.92. The Bertz CT molecular complexity index is 994. The molecule has 1 aliphatic rings. The second kappa shape index (κ2) is 38.1. The zero-order valence-corrected chi connectivity index (χ0v) is 34.1. The summed E-state index contributed by atoms with van der Waals surface area (Å²) in [5.74, 6) is 0.670. The van der Waals surface area contributed by atoms with E-state index in [0.29, 0.717) is 43.0 Å². The molecule has 51 heavy (non-hydrogen) atoms. The van der Waals surface area contributed by atoms with E-state index in [1.807, 2.05) is 26.8 Å². The summed E-state index contributed by atoms with van der Waals surface area (Å²) in [4.78, 5) is 43.9. The van der Waals surface area contributed by atoms with Crippen molar-refractivity contribution in [2.24, 2.45) is 5.92 Å². The van der Waals surface area contributed by atoms with Crippen LogP contribution in [0.15, 0.2) is 48.3 Å². The fraction of sp³-hybridized carbons (Fsp3) is 0.721. The van der Waals surface area contributed by atoms with E-state index in [4.69, 9.17) is 18.9 Å². The van der Waals surface area contributed by atoms with Gasteiger partial charge in [-0.1, -0.05) is 132 Å². The van der Waals surface area contributed by atoms with Crippen LogP contribution in [0.3, 0.4) is 0 Å². The molecule has 0 aromatic rings. The van der Waals surface area contributed by atoms with Gasteiger partial charge >= 0.3 is 23.9 Å². The van der Waals surface area contributed by atoms with Crippen LogP contribution in [0.2, 0.25) is 0 Å². The lowest BCUT2D eigenvalue weighted by atomic mass is 10.0. The number of hydrogen-bond acceptors (Lipinski definition) is 8. The fourth-order valence-corrected chi connectivity index (χ4v) is 4.16. The Kier molecular flexibility index (Phi) is 39.0. The minimum absolute atomic E-state index is 0.212. The van der Waals surface area contributed by atoms with E-state index < -0.39 is 0 Å². The fourth-order valence-electron chi connectivity index (χ4n) is 4.16. The lowest BCUT2D eigenvalue weighted by molar-refractivity contribution is -0.140. The second-order valence-electron chi connectivity index (χ2n) is 13.0. The Labute approximate surface area is 312 Å². The first kappa shape index (κ1) is 52.2. The van der Waals surface area contributed by atoms with Gasteiger partial charge in [0.2, 0.25) is 0 Å². The molecular formula is C43H76O8. The highest BCUT2D eigenvalue weighted by atomic mass is 16.5. The molecule has 0 N–H and O–H groups in total. The van der Waals surface area contributed by atoms with Gasteiger partial charge in [0.05, 0.1) is 19.8 Å². The summed E-state index contributed by atoms with van der Waals surface area (Å²) >= 11 is 0. The Morgan fingerprint density at radius 3 is 1.37 bits per heavy atom. The van der Waals surface area contributed by atoms with Crippen molar-refractivity contribution in [1.82, 2.24) is 0 Å². The maximum absolute atomic E-state index is 11.3. The second-order valence-corrected chi connectivity index (χ2v) is 13.0. The molecule has 0 aromatic heterocycles. The van der Waals surface area contributed by atoms with Crippen LogP contribution in [-0.4, -0.2) is 43.7 Å². The van der Waals surface area contributed by atoms with Crippen molar-refractivity contribution < 1.29 is 38.1 Å². The number of allylic oxidation sites excluding steroid dienone is 2. The van der Waals surface area contributed by atoms with Gasteiger partial charge < -0.3 is 18.9 Å². The van der Waals surface area contributed by atoms with Gasteiger partial charge in [-0.3, -0.25) is 4.79 Å². The van der Waals surface area contributed by atoms with Crippen LogP contribution in [0.4, 0.5) is 0 Å². The van der Waals surface area contributed by atoms with Gasteiger partial charge in [-0.05, 0) is 63.4 Å².